The predicted octanol–water partition coefficient (Wildman–Crippen LogP) is 3.71. The third kappa shape index (κ3) is 8.48. The number of nitrogens with zero attached hydrogens (tertiary/aromatic N) is 1. The van der Waals surface area contributed by atoms with E-state index in [1.807, 2.05) is 20.8 Å². The van der Waals surface area contributed by atoms with Crippen LogP contribution in [0.15, 0.2) is 0 Å². The lowest BCUT2D eigenvalue weighted by molar-refractivity contribution is 0.00625. The number of rotatable bonds is 13. The summed E-state index contributed by atoms with van der Waals surface area (Å²) in [6, 6.07) is 0. The molecule has 0 bridgehead atoms. The Morgan fingerprint density at radius 2 is 1.70 bits per heavy atom. The third-order valence-corrected chi connectivity index (χ3v) is 4.94. The zero-order valence-electron chi connectivity index (χ0n) is 19.9. The van der Waals surface area contributed by atoms with Gasteiger partial charge in [-0.05, 0) is 79.1 Å². The number of carbonyl (C=O) groups excluding carboxylic acids is 2. The minimum absolute atomic E-state index is 0.293. The highest BCUT2D eigenvalue weighted by molar-refractivity contribution is 5.98. The number of ether oxygens (including phenoxy) is 2. The molecule has 172 valence electrons. The quantitative estimate of drug-likeness (QED) is 0.372. The molecule has 2 N–H and O–H groups in total. The average Bonchev–Trinajstić information content (AvgIpc) is 2.99. The van der Waals surface area contributed by atoms with E-state index in [9.17, 15) is 9.59 Å². The summed E-state index contributed by atoms with van der Waals surface area (Å²) in [5.74, 6) is -0.844. The number of aryl methyl sites for hydroxylation is 1. The smallest absolute Gasteiger partial charge is 0.355 e. The Labute approximate surface area is 181 Å². The second-order valence-corrected chi connectivity index (χ2v) is 8.43. The number of aromatic nitrogens is 1. The van der Waals surface area contributed by atoms with E-state index in [0.29, 0.717) is 29.8 Å². The highest BCUT2D eigenvalue weighted by Crippen LogP contribution is 2.23. The summed E-state index contributed by atoms with van der Waals surface area (Å²) in [5, 5.41) is 3.47. The number of likely N-dealkylation sites (N-methyl/N-ethyl adjacent to an activating group) is 1. The van der Waals surface area contributed by atoms with Gasteiger partial charge in [0.2, 0.25) is 0 Å². The first-order valence-electron chi connectivity index (χ1n) is 11.2. The molecule has 0 spiro atoms. The zero-order chi connectivity index (χ0) is 22.7. The van der Waals surface area contributed by atoms with Crippen molar-refractivity contribution in [3.05, 3.63) is 22.5 Å². The van der Waals surface area contributed by atoms with E-state index in [-0.39, 0.29) is 0 Å². The second-order valence-electron chi connectivity index (χ2n) is 8.43. The van der Waals surface area contributed by atoms with Crippen LogP contribution in [0.5, 0.6) is 0 Å². The summed E-state index contributed by atoms with van der Waals surface area (Å²) >= 11 is 0. The molecule has 1 aromatic heterocycles. The molecule has 30 heavy (non-hydrogen) atoms. The van der Waals surface area contributed by atoms with Gasteiger partial charge < -0.3 is 24.7 Å². The number of H-pyrrole nitrogens is 1. The van der Waals surface area contributed by atoms with Crippen LogP contribution in [0.1, 0.15) is 86.5 Å². The molecular weight excluding hydrogens is 382 g/mol. The number of nitrogens with one attached hydrogen (secondary N) is 2. The number of carbonyl (C=O) groups is 2. The topological polar surface area (TPSA) is 83.7 Å². The first-order chi connectivity index (χ1) is 14.1. The van der Waals surface area contributed by atoms with Crippen LogP contribution in [0.3, 0.4) is 0 Å². The van der Waals surface area contributed by atoms with E-state index in [1.54, 1.807) is 13.8 Å². The molecule has 1 heterocycles. The number of unbranched alkanes of at least 4 members (excludes halogenated alkanes) is 1. The fourth-order valence-electron chi connectivity index (χ4n) is 3.31. The Morgan fingerprint density at radius 1 is 1.03 bits per heavy atom. The van der Waals surface area contributed by atoms with Crippen LogP contribution in [-0.4, -0.2) is 66.8 Å². The molecule has 1 rings (SSSR count). The zero-order valence-corrected chi connectivity index (χ0v) is 19.9. The molecule has 0 fully saturated rings. The van der Waals surface area contributed by atoms with Gasteiger partial charge in [0.15, 0.2) is 0 Å². The average molecular weight is 424 g/mol. The molecule has 0 saturated carbocycles. The molecule has 0 amide bonds. The maximum absolute atomic E-state index is 12.6. The molecule has 0 atom stereocenters. The van der Waals surface area contributed by atoms with E-state index in [1.165, 1.54) is 0 Å². The van der Waals surface area contributed by atoms with Crippen molar-refractivity contribution in [2.24, 2.45) is 0 Å². The number of hydrogen-bond donors (Lipinski definition) is 2. The molecule has 0 unspecified atom stereocenters. The molecule has 0 aliphatic carbocycles. The Hall–Kier alpha value is -1.86. The fourth-order valence-corrected chi connectivity index (χ4v) is 3.31. The molecule has 7 nitrogen and oxygen atoms in total. The maximum Gasteiger partial charge on any atom is 0.355 e. The van der Waals surface area contributed by atoms with Crippen molar-refractivity contribution in [1.82, 2.24) is 15.2 Å². The van der Waals surface area contributed by atoms with Gasteiger partial charge in [0, 0.05) is 18.8 Å². The summed E-state index contributed by atoms with van der Waals surface area (Å²) in [4.78, 5) is 30.6. The first-order valence-corrected chi connectivity index (χ1v) is 11.2. The van der Waals surface area contributed by atoms with Gasteiger partial charge in [0.1, 0.15) is 11.3 Å². The third-order valence-electron chi connectivity index (χ3n) is 4.94. The second kappa shape index (κ2) is 12.7. The Balaban J connectivity index is 2.72. The molecule has 0 saturated heterocycles. The highest BCUT2D eigenvalue weighted by atomic mass is 16.6. The molecule has 0 aliphatic heterocycles. The molecule has 1 aromatic rings. The van der Waals surface area contributed by atoms with E-state index in [4.69, 9.17) is 9.47 Å². The SMILES string of the molecule is CCOC(=O)c1c(CCCCNCCN(CC)CC)[nH]c(C(=O)OC(C)(C)C)c1C. The standard InChI is InChI=1S/C23H41N3O4/c1-8-26(9-2)16-15-24-14-12-11-13-18-19(21(27)29-10-3)17(4)20(25-18)22(28)30-23(5,6)7/h24-25H,8-16H2,1-7H3. The van der Waals surface area contributed by atoms with Gasteiger partial charge in [0.05, 0.1) is 12.2 Å². The minimum atomic E-state index is -0.601. The molecule has 0 aromatic carbocycles. The van der Waals surface area contributed by atoms with Crippen molar-refractivity contribution in [1.29, 1.82) is 0 Å². The Kier molecular flexibility index (Phi) is 11.1. The fraction of sp³-hybridized carbons (Fsp3) is 0.739. The van der Waals surface area contributed by atoms with Crippen LogP contribution < -0.4 is 5.32 Å². The number of esters is 2. The monoisotopic (exact) mass is 423 g/mol. The first kappa shape index (κ1) is 26.2. The lowest BCUT2D eigenvalue weighted by Crippen LogP contribution is -2.32. The summed E-state index contributed by atoms with van der Waals surface area (Å²) in [6.07, 6.45) is 2.56. The van der Waals surface area contributed by atoms with Crippen LogP contribution in [0, 0.1) is 6.92 Å². The van der Waals surface area contributed by atoms with Gasteiger partial charge in [-0.3, -0.25) is 0 Å². The molecule has 0 aliphatic rings. The van der Waals surface area contributed by atoms with Crippen LogP contribution in [0.25, 0.3) is 0 Å². The molecule has 0 radical (unpaired) electrons. The van der Waals surface area contributed by atoms with E-state index >= 15 is 0 Å². The van der Waals surface area contributed by atoms with Crippen LogP contribution >= 0.6 is 0 Å². The molecule has 7 heteroatoms. The summed E-state index contributed by atoms with van der Waals surface area (Å²) < 4.78 is 10.7. The van der Waals surface area contributed by atoms with E-state index in [2.05, 4.69) is 29.0 Å². The van der Waals surface area contributed by atoms with Gasteiger partial charge >= 0.3 is 11.9 Å². The minimum Gasteiger partial charge on any atom is -0.462 e. The number of aromatic amines is 1. The molecular formula is C23H41N3O4. The van der Waals surface area contributed by atoms with Gasteiger partial charge in [-0.2, -0.15) is 0 Å². The van der Waals surface area contributed by atoms with E-state index < -0.39 is 17.5 Å². The predicted molar refractivity (Wildman–Crippen MR) is 120 cm³/mol. The van der Waals surface area contributed by atoms with Gasteiger partial charge in [-0.25, -0.2) is 9.59 Å². The van der Waals surface area contributed by atoms with Crippen LogP contribution in [0.2, 0.25) is 0 Å². The Bertz CT molecular complexity index is 673. The highest BCUT2D eigenvalue weighted by Gasteiger charge is 2.27. The van der Waals surface area contributed by atoms with Crippen LogP contribution in [0.4, 0.5) is 0 Å². The summed E-state index contributed by atoms with van der Waals surface area (Å²) in [7, 11) is 0. The normalized spacial score (nSPS) is 11.7. The summed E-state index contributed by atoms with van der Waals surface area (Å²) in [6.45, 7) is 18.7. The maximum atomic E-state index is 12.6. The van der Waals surface area contributed by atoms with Crippen LogP contribution in [-0.2, 0) is 15.9 Å². The van der Waals surface area contributed by atoms with Crippen molar-refractivity contribution in [2.45, 2.75) is 73.3 Å². The van der Waals surface area contributed by atoms with Crippen molar-refractivity contribution in [3.63, 3.8) is 0 Å². The van der Waals surface area contributed by atoms with Gasteiger partial charge in [0.25, 0.3) is 0 Å². The van der Waals surface area contributed by atoms with Crippen molar-refractivity contribution >= 4 is 11.9 Å². The van der Waals surface area contributed by atoms with E-state index in [0.717, 1.165) is 51.3 Å². The van der Waals surface area contributed by atoms with Gasteiger partial charge in [-0.15, -0.1) is 0 Å². The van der Waals surface area contributed by atoms with Gasteiger partial charge in [-0.1, -0.05) is 13.8 Å². The van der Waals surface area contributed by atoms with Crippen molar-refractivity contribution in [2.75, 3.05) is 39.3 Å². The van der Waals surface area contributed by atoms with Crippen molar-refractivity contribution in [3.8, 4) is 0 Å². The number of hydrogen-bond acceptors (Lipinski definition) is 6. The Morgan fingerprint density at radius 3 is 2.27 bits per heavy atom. The van der Waals surface area contributed by atoms with Crippen molar-refractivity contribution < 1.29 is 19.1 Å². The summed E-state index contributed by atoms with van der Waals surface area (Å²) in [5.41, 5.74) is 1.54. The lowest BCUT2D eigenvalue weighted by atomic mass is 10.1. The lowest BCUT2D eigenvalue weighted by Gasteiger charge is -2.19. The largest absolute Gasteiger partial charge is 0.462 e.